The monoisotopic (exact) mass is 276 g/mol. The molecular weight excluding hydrogens is 260 g/mol. The van der Waals surface area contributed by atoms with Gasteiger partial charge in [0.05, 0.1) is 17.5 Å². The second-order valence-electron chi connectivity index (χ2n) is 4.80. The number of rotatable bonds is 1. The van der Waals surface area contributed by atoms with Crippen LogP contribution in [0.15, 0.2) is 4.99 Å². The van der Waals surface area contributed by atoms with Crippen LogP contribution in [0.5, 0.6) is 0 Å². The first-order chi connectivity index (χ1) is 7.80. The van der Waals surface area contributed by atoms with Crippen LogP contribution in [0.4, 0.5) is 0 Å². The van der Waals surface area contributed by atoms with Gasteiger partial charge in [-0.15, -0.1) is 0 Å². The summed E-state index contributed by atoms with van der Waals surface area (Å²) in [6.45, 7) is 3.61. The molecule has 0 N–H and O–H groups in total. The Balaban J connectivity index is 2.16. The highest BCUT2D eigenvalue weighted by molar-refractivity contribution is 8.15. The van der Waals surface area contributed by atoms with E-state index in [1.54, 1.807) is 13.8 Å². The van der Waals surface area contributed by atoms with Crippen molar-refractivity contribution in [2.75, 3.05) is 18.6 Å². The summed E-state index contributed by atoms with van der Waals surface area (Å²) >= 11 is 1.41. The largest absolute Gasteiger partial charge is 0.349 e. The van der Waals surface area contributed by atoms with Gasteiger partial charge in [0.15, 0.2) is 15.0 Å². The van der Waals surface area contributed by atoms with Crippen molar-refractivity contribution in [1.82, 2.24) is 4.90 Å². The standard InChI is InChI=1S/C10H16N2O3S2/c1-6(2)9(13)11-10-12(3)7-4-17(14,15)5-8(7)16-10/h6-8H,4-5H2,1-3H3/t7-,8+/m1/s1. The number of aliphatic imine (C=N–C) groups is 1. The summed E-state index contributed by atoms with van der Waals surface area (Å²) in [4.78, 5) is 17.4. The van der Waals surface area contributed by atoms with Crippen molar-refractivity contribution in [2.45, 2.75) is 25.1 Å². The summed E-state index contributed by atoms with van der Waals surface area (Å²) in [5.74, 6) is 0.0975. The third-order valence-electron chi connectivity index (χ3n) is 3.03. The predicted molar refractivity (Wildman–Crippen MR) is 68.9 cm³/mol. The van der Waals surface area contributed by atoms with Gasteiger partial charge in [-0.2, -0.15) is 4.99 Å². The van der Waals surface area contributed by atoms with Gasteiger partial charge in [0.2, 0.25) is 0 Å². The van der Waals surface area contributed by atoms with Gasteiger partial charge in [-0.3, -0.25) is 4.79 Å². The van der Waals surface area contributed by atoms with Crippen molar-refractivity contribution < 1.29 is 13.2 Å². The Morgan fingerprint density at radius 2 is 2.12 bits per heavy atom. The molecule has 2 fully saturated rings. The fraction of sp³-hybridized carbons (Fsp3) is 0.800. The normalized spacial score (nSPS) is 33.4. The molecule has 0 aliphatic carbocycles. The van der Waals surface area contributed by atoms with Gasteiger partial charge in [0.1, 0.15) is 0 Å². The SMILES string of the molecule is CC(C)C(=O)N=C1S[C@H]2CS(=O)(=O)C[C@H]2N1C. The highest BCUT2D eigenvalue weighted by atomic mass is 32.2. The van der Waals surface area contributed by atoms with E-state index >= 15 is 0 Å². The van der Waals surface area contributed by atoms with Crippen LogP contribution in [0.25, 0.3) is 0 Å². The average molecular weight is 276 g/mol. The number of nitrogens with zero attached hydrogens (tertiary/aromatic N) is 2. The first-order valence-electron chi connectivity index (χ1n) is 5.52. The van der Waals surface area contributed by atoms with Gasteiger partial charge in [-0.05, 0) is 0 Å². The minimum absolute atomic E-state index is 0.0243. The first kappa shape index (κ1) is 12.9. The molecule has 2 atom stereocenters. The van der Waals surface area contributed by atoms with E-state index in [0.29, 0.717) is 5.17 Å². The van der Waals surface area contributed by atoms with Gasteiger partial charge in [-0.1, -0.05) is 25.6 Å². The van der Waals surface area contributed by atoms with Crippen LogP contribution in [0, 0.1) is 5.92 Å². The Bertz CT molecular complexity index is 470. The van der Waals surface area contributed by atoms with E-state index < -0.39 is 9.84 Å². The third kappa shape index (κ3) is 2.49. The van der Waals surface area contributed by atoms with E-state index in [1.165, 1.54) is 11.8 Å². The fourth-order valence-electron chi connectivity index (χ4n) is 1.96. The predicted octanol–water partition coefficient (Wildman–Crippen LogP) is 0.369. The minimum atomic E-state index is -2.91. The van der Waals surface area contributed by atoms with Crippen LogP contribution >= 0.6 is 11.8 Å². The topological polar surface area (TPSA) is 66.8 Å². The molecule has 0 spiro atoms. The van der Waals surface area contributed by atoms with Gasteiger partial charge in [0, 0.05) is 18.2 Å². The fourth-order valence-corrected chi connectivity index (χ4v) is 5.96. The molecule has 0 saturated carbocycles. The number of sulfone groups is 1. The number of hydrogen-bond acceptors (Lipinski definition) is 4. The van der Waals surface area contributed by atoms with Gasteiger partial charge < -0.3 is 4.90 Å². The molecule has 2 saturated heterocycles. The minimum Gasteiger partial charge on any atom is -0.349 e. The molecule has 0 radical (unpaired) electrons. The number of fused-ring (bicyclic) bond motifs is 1. The lowest BCUT2D eigenvalue weighted by atomic mass is 10.2. The summed E-state index contributed by atoms with van der Waals surface area (Å²) < 4.78 is 23.0. The second-order valence-corrected chi connectivity index (χ2v) is 8.16. The zero-order valence-electron chi connectivity index (χ0n) is 10.1. The maximum absolute atomic E-state index is 11.5. The number of amidine groups is 1. The Labute approximate surface area is 106 Å². The van der Waals surface area contributed by atoms with Crippen LogP contribution in [0.2, 0.25) is 0 Å². The molecule has 5 nitrogen and oxygen atoms in total. The highest BCUT2D eigenvalue weighted by Crippen LogP contribution is 2.37. The summed E-state index contributed by atoms with van der Waals surface area (Å²) in [5.41, 5.74) is 0. The molecule has 0 bridgehead atoms. The molecule has 2 aliphatic rings. The molecule has 0 aromatic rings. The van der Waals surface area contributed by atoms with E-state index in [0.717, 1.165) is 0 Å². The zero-order chi connectivity index (χ0) is 12.8. The third-order valence-corrected chi connectivity index (χ3v) is 6.33. The first-order valence-corrected chi connectivity index (χ1v) is 8.23. The molecule has 1 amide bonds. The van der Waals surface area contributed by atoms with Crippen LogP contribution in [-0.4, -0.2) is 54.2 Å². The lowest BCUT2D eigenvalue weighted by Crippen LogP contribution is -2.34. The number of thioether (sulfide) groups is 1. The summed E-state index contributed by atoms with van der Waals surface area (Å²) in [6, 6.07) is -0.0243. The summed E-state index contributed by atoms with van der Waals surface area (Å²) in [6.07, 6.45) is 0. The molecule has 17 heavy (non-hydrogen) atoms. The quantitative estimate of drug-likeness (QED) is 0.692. The number of hydrogen-bond donors (Lipinski definition) is 0. The van der Waals surface area contributed by atoms with Crippen molar-refractivity contribution in [3.63, 3.8) is 0 Å². The van der Waals surface area contributed by atoms with E-state index in [9.17, 15) is 13.2 Å². The number of carbonyl (C=O) groups excluding carboxylic acids is 1. The van der Waals surface area contributed by atoms with E-state index in [4.69, 9.17) is 0 Å². The van der Waals surface area contributed by atoms with Crippen molar-refractivity contribution >= 4 is 32.7 Å². The molecule has 0 aromatic carbocycles. The van der Waals surface area contributed by atoms with E-state index in [-0.39, 0.29) is 34.6 Å². The van der Waals surface area contributed by atoms with E-state index in [1.807, 2.05) is 11.9 Å². The lowest BCUT2D eigenvalue weighted by molar-refractivity contribution is -0.120. The lowest BCUT2D eigenvalue weighted by Gasteiger charge is -2.18. The second kappa shape index (κ2) is 4.28. The van der Waals surface area contributed by atoms with Gasteiger partial charge >= 0.3 is 0 Å². The Morgan fingerprint density at radius 1 is 1.47 bits per heavy atom. The Kier molecular flexibility index (Phi) is 3.24. The molecular formula is C10H16N2O3S2. The van der Waals surface area contributed by atoms with Crippen LogP contribution in [0.3, 0.4) is 0 Å². The molecule has 2 heterocycles. The highest BCUT2D eigenvalue weighted by Gasteiger charge is 2.47. The van der Waals surface area contributed by atoms with Crippen LogP contribution in [-0.2, 0) is 14.6 Å². The molecule has 7 heteroatoms. The maximum atomic E-state index is 11.5. The molecule has 2 rings (SSSR count). The van der Waals surface area contributed by atoms with Crippen molar-refractivity contribution in [1.29, 1.82) is 0 Å². The van der Waals surface area contributed by atoms with Crippen molar-refractivity contribution in [3.8, 4) is 0 Å². The molecule has 0 unspecified atom stereocenters. The van der Waals surface area contributed by atoms with Crippen LogP contribution in [0.1, 0.15) is 13.8 Å². The molecule has 96 valence electrons. The number of amides is 1. The van der Waals surface area contributed by atoms with Gasteiger partial charge in [-0.25, -0.2) is 8.42 Å². The average Bonchev–Trinajstić information content (AvgIpc) is 2.62. The molecule has 0 aromatic heterocycles. The summed E-state index contributed by atoms with van der Waals surface area (Å²) in [7, 11) is -1.10. The Hall–Kier alpha value is -0.560. The van der Waals surface area contributed by atoms with Crippen molar-refractivity contribution in [2.24, 2.45) is 10.9 Å². The van der Waals surface area contributed by atoms with Gasteiger partial charge in [0.25, 0.3) is 5.91 Å². The smallest absolute Gasteiger partial charge is 0.250 e. The van der Waals surface area contributed by atoms with Crippen molar-refractivity contribution in [3.05, 3.63) is 0 Å². The molecule has 2 aliphatic heterocycles. The zero-order valence-corrected chi connectivity index (χ0v) is 11.7. The van der Waals surface area contributed by atoms with Crippen LogP contribution < -0.4 is 0 Å². The van der Waals surface area contributed by atoms with E-state index in [2.05, 4.69) is 4.99 Å². The Morgan fingerprint density at radius 3 is 2.65 bits per heavy atom. The maximum Gasteiger partial charge on any atom is 0.250 e. The summed E-state index contributed by atoms with van der Waals surface area (Å²) in [5, 5.41) is 0.692. The number of carbonyl (C=O) groups is 1.